The van der Waals surface area contributed by atoms with Crippen molar-refractivity contribution >= 4 is 11.9 Å². The highest BCUT2D eigenvalue weighted by atomic mass is 16.5. The fourth-order valence-corrected chi connectivity index (χ4v) is 3.05. The molecule has 0 aliphatic heterocycles. The maximum absolute atomic E-state index is 12.4. The Labute approximate surface area is 190 Å². The Balaban J connectivity index is 1.74. The summed E-state index contributed by atoms with van der Waals surface area (Å²) in [6.45, 7) is 3.22. The molecule has 1 N–H and O–H groups in total. The minimum Gasteiger partial charge on any atom is -0.494 e. The van der Waals surface area contributed by atoms with Crippen LogP contribution < -0.4 is 9.47 Å². The highest BCUT2D eigenvalue weighted by Gasteiger charge is 2.11. The molecular weight excluding hydrogens is 408 g/mol. The molecule has 32 heavy (non-hydrogen) atoms. The predicted molar refractivity (Wildman–Crippen MR) is 123 cm³/mol. The van der Waals surface area contributed by atoms with Crippen molar-refractivity contribution in [2.24, 2.45) is 0 Å². The second-order valence-electron chi connectivity index (χ2n) is 7.62. The summed E-state index contributed by atoms with van der Waals surface area (Å²) in [7, 11) is 0. The lowest BCUT2D eigenvalue weighted by Gasteiger charge is -2.08. The van der Waals surface area contributed by atoms with Crippen molar-refractivity contribution in [3.05, 3.63) is 59.7 Å². The van der Waals surface area contributed by atoms with E-state index >= 15 is 0 Å². The number of esters is 2. The predicted octanol–water partition coefficient (Wildman–Crippen LogP) is 5.57. The lowest BCUT2D eigenvalue weighted by molar-refractivity contribution is 0.0492. The van der Waals surface area contributed by atoms with Crippen LogP contribution in [0.25, 0.3) is 0 Å². The Morgan fingerprint density at radius 3 is 1.91 bits per heavy atom. The number of ether oxygens (including phenoxy) is 3. The molecule has 0 aromatic heterocycles. The van der Waals surface area contributed by atoms with Gasteiger partial charge in [-0.1, -0.05) is 39.0 Å². The minimum atomic E-state index is -0.480. The quantitative estimate of drug-likeness (QED) is 0.220. The van der Waals surface area contributed by atoms with Gasteiger partial charge in [0, 0.05) is 6.61 Å². The number of carbonyl (C=O) groups excluding carboxylic acids is 2. The number of hydrogen-bond acceptors (Lipinski definition) is 6. The zero-order chi connectivity index (χ0) is 23.0. The van der Waals surface area contributed by atoms with Gasteiger partial charge in [-0.15, -0.1) is 0 Å². The highest BCUT2D eigenvalue weighted by Crippen LogP contribution is 2.18. The van der Waals surface area contributed by atoms with E-state index in [1.54, 1.807) is 48.5 Å². The van der Waals surface area contributed by atoms with Gasteiger partial charge in [-0.2, -0.15) is 0 Å². The number of aliphatic hydroxyl groups excluding tert-OH is 1. The van der Waals surface area contributed by atoms with Gasteiger partial charge in [-0.3, -0.25) is 0 Å². The van der Waals surface area contributed by atoms with Gasteiger partial charge in [0.15, 0.2) is 0 Å². The highest BCUT2D eigenvalue weighted by molar-refractivity contribution is 5.92. The van der Waals surface area contributed by atoms with E-state index < -0.39 is 11.9 Å². The monoisotopic (exact) mass is 442 g/mol. The summed E-state index contributed by atoms with van der Waals surface area (Å²) in [6.07, 6.45) is 8.47. The lowest BCUT2D eigenvalue weighted by Crippen LogP contribution is -2.09. The SMILES string of the molecule is CCCCCCCCOc1ccc(C(=O)Oc2ccc(C(=O)OCCCCO)cc2)cc1. The van der Waals surface area contributed by atoms with Gasteiger partial charge >= 0.3 is 11.9 Å². The third-order valence-electron chi connectivity index (χ3n) is 4.94. The number of rotatable bonds is 15. The lowest BCUT2D eigenvalue weighted by atomic mass is 10.1. The first-order chi connectivity index (χ1) is 15.6. The summed E-state index contributed by atoms with van der Waals surface area (Å²) < 4.78 is 16.2. The van der Waals surface area contributed by atoms with Crippen molar-refractivity contribution in [2.75, 3.05) is 19.8 Å². The van der Waals surface area contributed by atoms with E-state index in [1.165, 1.54) is 32.1 Å². The van der Waals surface area contributed by atoms with Crippen molar-refractivity contribution in [2.45, 2.75) is 58.3 Å². The molecule has 0 saturated carbocycles. The first-order valence-electron chi connectivity index (χ1n) is 11.5. The van der Waals surface area contributed by atoms with Gasteiger partial charge in [-0.05, 0) is 67.8 Å². The van der Waals surface area contributed by atoms with E-state index in [-0.39, 0.29) is 13.2 Å². The van der Waals surface area contributed by atoms with E-state index in [9.17, 15) is 9.59 Å². The molecule has 2 rings (SSSR count). The fourth-order valence-electron chi connectivity index (χ4n) is 3.05. The summed E-state index contributed by atoms with van der Waals surface area (Å²) >= 11 is 0. The van der Waals surface area contributed by atoms with E-state index in [4.69, 9.17) is 19.3 Å². The first kappa shape index (κ1) is 25.4. The summed E-state index contributed by atoms with van der Waals surface area (Å²) in [4.78, 5) is 24.3. The number of benzene rings is 2. The van der Waals surface area contributed by atoms with Crippen LogP contribution in [-0.4, -0.2) is 36.9 Å². The third-order valence-corrected chi connectivity index (χ3v) is 4.94. The van der Waals surface area contributed by atoms with E-state index in [0.29, 0.717) is 36.3 Å². The molecule has 0 radical (unpaired) electrons. The Kier molecular flexibility index (Phi) is 11.9. The maximum atomic E-state index is 12.4. The van der Waals surface area contributed by atoms with Gasteiger partial charge < -0.3 is 19.3 Å². The molecule has 0 unspecified atom stereocenters. The van der Waals surface area contributed by atoms with E-state index in [0.717, 1.165) is 12.2 Å². The number of hydrogen-bond donors (Lipinski definition) is 1. The van der Waals surface area contributed by atoms with Crippen LogP contribution in [0, 0.1) is 0 Å². The molecule has 2 aromatic rings. The zero-order valence-electron chi connectivity index (χ0n) is 18.9. The van der Waals surface area contributed by atoms with Crippen LogP contribution >= 0.6 is 0 Å². The average Bonchev–Trinajstić information content (AvgIpc) is 2.82. The van der Waals surface area contributed by atoms with Crippen molar-refractivity contribution in [3.63, 3.8) is 0 Å². The molecule has 2 aromatic carbocycles. The zero-order valence-corrected chi connectivity index (χ0v) is 18.9. The topological polar surface area (TPSA) is 82.1 Å². The summed E-state index contributed by atoms with van der Waals surface area (Å²) in [6, 6.07) is 13.1. The standard InChI is InChI=1S/C26H34O6/c1-2-3-4-5-6-8-19-30-23-14-10-22(11-15-23)26(29)32-24-16-12-21(13-17-24)25(28)31-20-9-7-18-27/h10-17,27H,2-9,18-20H2,1H3. The van der Waals surface area contributed by atoms with E-state index in [2.05, 4.69) is 6.92 Å². The average molecular weight is 443 g/mol. The summed E-state index contributed by atoms with van der Waals surface area (Å²) in [5.74, 6) is 0.149. The molecule has 0 aliphatic carbocycles. The van der Waals surface area contributed by atoms with Crippen molar-refractivity contribution < 1.29 is 28.9 Å². The molecule has 6 nitrogen and oxygen atoms in total. The van der Waals surface area contributed by atoms with Crippen molar-refractivity contribution in [1.29, 1.82) is 0 Å². The molecule has 0 fully saturated rings. The molecule has 0 saturated heterocycles. The molecule has 0 atom stereocenters. The number of carbonyl (C=O) groups is 2. The molecule has 6 heteroatoms. The van der Waals surface area contributed by atoms with Gasteiger partial charge in [0.05, 0.1) is 24.3 Å². The molecule has 174 valence electrons. The minimum absolute atomic E-state index is 0.0760. The fraction of sp³-hybridized carbons (Fsp3) is 0.462. The largest absolute Gasteiger partial charge is 0.494 e. The van der Waals surface area contributed by atoms with Gasteiger partial charge in [-0.25, -0.2) is 9.59 Å². The second kappa shape index (κ2) is 15.0. The van der Waals surface area contributed by atoms with Gasteiger partial charge in [0.2, 0.25) is 0 Å². The second-order valence-corrected chi connectivity index (χ2v) is 7.62. The Morgan fingerprint density at radius 2 is 1.25 bits per heavy atom. The maximum Gasteiger partial charge on any atom is 0.343 e. The number of unbranched alkanes of at least 4 members (excludes halogenated alkanes) is 6. The van der Waals surface area contributed by atoms with Crippen LogP contribution in [0.1, 0.15) is 79.0 Å². The number of aliphatic hydroxyl groups is 1. The summed E-state index contributed by atoms with van der Waals surface area (Å²) in [5, 5.41) is 8.73. The smallest absolute Gasteiger partial charge is 0.343 e. The summed E-state index contributed by atoms with van der Waals surface area (Å²) in [5.41, 5.74) is 0.796. The van der Waals surface area contributed by atoms with E-state index in [1.807, 2.05) is 0 Å². The van der Waals surface area contributed by atoms with Crippen molar-refractivity contribution in [3.8, 4) is 11.5 Å². The molecule has 0 amide bonds. The van der Waals surface area contributed by atoms with Crippen LogP contribution in [0.3, 0.4) is 0 Å². The third kappa shape index (κ3) is 9.52. The Bertz CT molecular complexity index is 798. The first-order valence-corrected chi connectivity index (χ1v) is 11.5. The normalized spacial score (nSPS) is 10.6. The molecule has 0 bridgehead atoms. The van der Waals surface area contributed by atoms with Crippen LogP contribution in [0.4, 0.5) is 0 Å². The van der Waals surface area contributed by atoms with Crippen LogP contribution in [0.2, 0.25) is 0 Å². The molecule has 0 heterocycles. The van der Waals surface area contributed by atoms with Gasteiger partial charge in [0.1, 0.15) is 11.5 Å². The van der Waals surface area contributed by atoms with Gasteiger partial charge in [0.25, 0.3) is 0 Å². The van der Waals surface area contributed by atoms with Crippen LogP contribution in [-0.2, 0) is 4.74 Å². The van der Waals surface area contributed by atoms with Crippen LogP contribution in [0.5, 0.6) is 11.5 Å². The van der Waals surface area contributed by atoms with Crippen LogP contribution in [0.15, 0.2) is 48.5 Å². The Hall–Kier alpha value is -2.86. The molecule has 0 aliphatic rings. The molecular formula is C26H34O6. The Morgan fingerprint density at radius 1 is 0.688 bits per heavy atom. The molecule has 0 spiro atoms. The van der Waals surface area contributed by atoms with Crippen molar-refractivity contribution in [1.82, 2.24) is 0 Å².